The minimum absolute atomic E-state index is 0. The van der Waals surface area contributed by atoms with E-state index in [-0.39, 0.29) is 27.3 Å². The summed E-state index contributed by atoms with van der Waals surface area (Å²) in [6.45, 7) is 8.00. The van der Waals surface area contributed by atoms with Gasteiger partial charge in [-0.2, -0.15) is 0 Å². The van der Waals surface area contributed by atoms with Crippen LogP contribution >= 0.6 is 0 Å². The van der Waals surface area contributed by atoms with Gasteiger partial charge in [-0.05, 0) is 12.1 Å². The molecular formula is C11H18O2Pb. The van der Waals surface area contributed by atoms with E-state index >= 15 is 0 Å². The molecule has 0 aliphatic carbocycles. The van der Waals surface area contributed by atoms with Gasteiger partial charge in [0, 0.05) is 27.3 Å². The van der Waals surface area contributed by atoms with E-state index in [2.05, 4.69) is 0 Å². The number of carbonyl (C=O) groups is 1. The molecule has 0 spiro atoms. The molecule has 0 aliphatic heterocycles. The molecule has 0 heterocycles. The van der Waals surface area contributed by atoms with Gasteiger partial charge in [-0.1, -0.05) is 45.9 Å². The molecule has 1 N–H and O–H groups in total. The van der Waals surface area contributed by atoms with Crippen LogP contribution in [-0.4, -0.2) is 38.4 Å². The van der Waals surface area contributed by atoms with Crippen molar-refractivity contribution < 1.29 is 9.90 Å². The number of benzene rings is 1. The van der Waals surface area contributed by atoms with Gasteiger partial charge in [-0.25, -0.2) is 4.79 Å². The fourth-order valence-corrected chi connectivity index (χ4v) is 0.581. The van der Waals surface area contributed by atoms with E-state index < -0.39 is 5.97 Å². The van der Waals surface area contributed by atoms with Gasteiger partial charge in [0.05, 0.1) is 5.56 Å². The first-order valence-electron chi connectivity index (χ1n) is 4.59. The Kier molecular flexibility index (Phi) is 20.7. The summed E-state index contributed by atoms with van der Waals surface area (Å²) in [6, 6.07) is 8.30. The van der Waals surface area contributed by atoms with E-state index in [9.17, 15) is 4.79 Å². The van der Waals surface area contributed by atoms with Gasteiger partial charge in [0.25, 0.3) is 0 Å². The Morgan fingerprint density at radius 3 is 1.57 bits per heavy atom. The summed E-state index contributed by atoms with van der Waals surface area (Å²) in [6.07, 6.45) is 0. The minimum atomic E-state index is -0.879. The molecule has 3 heteroatoms. The zero-order chi connectivity index (χ0) is 10.7. The summed E-state index contributed by atoms with van der Waals surface area (Å²) >= 11 is 0. The molecule has 0 amide bonds. The van der Waals surface area contributed by atoms with Gasteiger partial charge in [0.2, 0.25) is 0 Å². The monoisotopic (exact) mass is 390 g/mol. The maximum atomic E-state index is 10.2. The van der Waals surface area contributed by atoms with Crippen LogP contribution in [0.4, 0.5) is 0 Å². The second-order valence-corrected chi connectivity index (χ2v) is 1.67. The van der Waals surface area contributed by atoms with Crippen molar-refractivity contribution in [2.45, 2.75) is 27.7 Å². The summed E-state index contributed by atoms with van der Waals surface area (Å²) in [5.74, 6) is -0.879. The van der Waals surface area contributed by atoms with Crippen molar-refractivity contribution >= 4 is 33.3 Å². The topological polar surface area (TPSA) is 37.3 Å². The average molecular weight is 389 g/mol. The summed E-state index contributed by atoms with van der Waals surface area (Å²) < 4.78 is 0. The van der Waals surface area contributed by atoms with Crippen molar-refractivity contribution in [1.82, 2.24) is 0 Å². The maximum Gasteiger partial charge on any atom is 0.335 e. The molecule has 14 heavy (non-hydrogen) atoms. The summed E-state index contributed by atoms with van der Waals surface area (Å²) in [4.78, 5) is 10.2. The molecule has 0 atom stereocenters. The molecule has 0 saturated heterocycles. The molecule has 0 bridgehead atoms. The Balaban J connectivity index is -0.000000216. The van der Waals surface area contributed by atoms with E-state index in [1.807, 2.05) is 27.7 Å². The van der Waals surface area contributed by atoms with Crippen molar-refractivity contribution in [3.05, 3.63) is 35.9 Å². The van der Waals surface area contributed by atoms with Crippen molar-refractivity contribution in [2.75, 3.05) is 0 Å². The molecule has 4 radical (unpaired) electrons. The molecule has 78 valence electrons. The molecule has 0 unspecified atom stereocenters. The maximum absolute atomic E-state index is 10.2. The van der Waals surface area contributed by atoms with Crippen LogP contribution in [-0.2, 0) is 0 Å². The van der Waals surface area contributed by atoms with Gasteiger partial charge in [0.1, 0.15) is 0 Å². The van der Waals surface area contributed by atoms with E-state index in [0.717, 1.165) is 0 Å². The first kappa shape index (κ1) is 19.2. The number of carboxylic acid groups (broad SMARTS) is 1. The third-order valence-corrected chi connectivity index (χ3v) is 1.02. The molecule has 1 aromatic carbocycles. The smallest absolute Gasteiger partial charge is 0.335 e. The van der Waals surface area contributed by atoms with Gasteiger partial charge in [-0.15, -0.1) is 0 Å². The van der Waals surface area contributed by atoms with Gasteiger partial charge >= 0.3 is 5.97 Å². The zero-order valence-electron chi connectivity index (χ0n) is 9.24. The normalized spacial score (nSPS) is 6.57. The van der Waals surface area contributed by atoms with Crippen LogP contribution in [0.1, 0.15) is 38.1 Å². The predicted octanol–water partition coefficient (Wildman–Crippen LogP) is 3.06. The second kappa shape index (κ2) is 15.1. The van der Waals surface area contributed by atoms with Crippen LogP contribution in [0.15, 0.2) is 30.3 Å². The first-order chi connectivity index (χ1) is 6.30. The molecular weight excluding hydrogens is 371 g/mol. The van der Waals surface area contributed by atoms with Gasteiger partial charge in [0.15, 0.2) is 0 Å². The molecule has 0 saturated carbocycles. The standard InChI is InChI=1S/C7H6O2.2C2H6.Pb/c8-7(9)6-4-2-1-3-5-6;2*1-2;/h1-5H,(H,8,9);2*1-2H3;. The molecule has 0 aromatic heterocycles. The van der Waals surface area contributed by atoms with E-state index in [0.29, 0.717) is 5.56 Å². The number of hydrogen-bond donors (Lipinski definition) is 1. The Morgan fingerprint density at radius 2 is 1.36 bits per heavy atom. The molecule has 0 aliphatic rings. The fraction of sp³-hybridized carbons (Fsp3) is 0.364. The third-order valence-electron chi connectivity index (χ3n) is 1.02. The molecule has 1 aromatic rings. The predicted molar refractivity (Wildman–Crippen MR) is 61.9 cm³/mol. The van der Waals surface area contributed by atoms with Crippen molar-refractivity contribution in [3.8, 4) is 0 Å². The van der Waals surface area contributed by atoms with Gasteiger partial charge in [-0.3, -0.25) is 0 Å². The van der Waals surface area contributed by atoms with E-state index in [4.69, 9.17) is 5.11 Å². The average Bonchev–Trinajstić information content (AvgIpc) is 2.25. The van der Waals surface area contributed by atoms with E-state index in [1.165, 1.54) is 0 Å². The number of aromatic carboxylic acids is 1. The molecule has 0 fully saturated rings. The zero-order valence-corrected chi connectivity index (χ0v) is 13.1. The van der Waals surface area contributed by atoms with Crippen molar-refractivity contribution in [1.29, 1.82) is 0 Å². The summed E-state index contributed by atoms with van der Waals surface area (Å²) in [5, 5.41) is 8.38. The largest absolute Gasteiger partial charge is 0.478 e. The van der Waals surface area contributed by atoms with Crippen molar-refractivity contribution in [2.24, 2.45) is 0 Å². The van der Waals surface area contributed by atoms with Crippen LogP contribution in [0.5, 0.6) is 0 Å². The molecule has 1 rings (SSSR count). The summed E-state index contributed by atoms with van der Waals surface area (Å²) in [5.41, 5.74) is 0.331. The van der Waals surface area contributed by atoms with Crippen LogP contribution in [0, 0.1) is 0 Å². The van der Waals surface area contributed by atoms with Gasteiger partial charge < -0.3 is 5.11 Å². The van der Waals surface area contributed by atoms with E-state index in [1.54, 1.807) is 30.3 Å². The fourth-order valence-electron chi connectivity index (χ4n) is 0.581. The van der Waals surface area contributed by atoms with Crippen LogP contribution in [0.3, 0.4) is 0 Å². The Hall–Kier alpha value is -0.388. The van der Waals surface area contributed by atoms with Crippen LogP contribution in [0.2, 0.25) is 0 Å². The SMILES string of the molecule is CC.CC.O=C(O)c1ccccc1.[Pb]. The first-order valence-corrected chi connectivity index (χ1v) is 4.59. The minimum Gasteiger partial charge on any atom is -0.478 e. The Morgan fingerprint density at radius 1 is 1.00 bits per heavy atom. The van der Waals surface area contributed by atoms with Crippen molar-refractivity contribution in [3.63, 3.8) is 0 Å². The summed E-state index contributed by atoms with van der Waals surface area (Å²) in [7, 11) is 0. The van der Waals surface area contributed by atoms with Crippen LogP contribution < -0.4 is 0 Å². The quantitative estimate of drug-likeness (QED) is 0.750. The Labute approximate surface area is 107 Å². The second-order valence-electron chi connectivity index (χ2n) is 1.67. The number of carboxylic acids is 1. The number of rotatable bonds is 1. The van der Waals surface area contributed by atoms with Crippen LogP contribution in [0.25, 0.3) is 0 Å². The third kappa shape index (κ3) is 9.70. The number of hydrogen-bond acceptors (Lipinski definition) is 1. The Bertz CT molecular complexity index is 210. The molecule has 2 nitrogen and oxygen atoms in total.